The largest absolute Gasteiger partial charge is 0.376 e. The van der Waals surface area contributed by atoms with Gasteiger partial charge in [0.2, 0.25) is 5.95 Å². The van der Waals surface area contributed by atoms with Gasteiger partial charge in [-0.25, -0.2) is 4.68 Å². The highest BCUT2D eigenvalue weighted by Gasteiger charge is 2.16. The Morgan fingerprint density at radius 1 is 1.54 bits per heavy atom. The lowest BCUT2D eigenvalue weighted by Crippen LogP contribution is -2.25. The maximum absolute atomic E-state index is 5.53. The van der Waals surface area contributed by atoms with Crippen LogP contribution in [0.25, 0.3) is 0 Å². The molecule has 0 spiro atoms. The summed E-state index contributed by atoms with van der Waals surface area (Å²) < 4.78 is 7.11. The lowest BCUT2D eigenvalue weighted by Gasteiger charge is -2.21. The molecule has 1 aromatic heterocycles. The van der Waals surface area contributed by atoms with Crippen molar-refractivity contribution in [1.82, 2.24) is 20.2 Å². The van der Waals surface area contributed by atoms with Crippen LogP contribution in [0.3, 0.4) is 0 Å². The summed E-state index contributed by atoms with van der Waals surface area (Å²) in [5.74, 6) is 0.356. The van der Waals surface area contributed by atoms with Gasteiger partial charge in [0.25, 0.3) is 0 Å². The van der Waals surface area contributed by atoms with Crippen molar-refractivity contribution in [3.05, 3.63) is 0 Å². The molecule has 1 aromatic rings. The molecule has 0 amide bonds. The average molecular weight is 183 g/mol. The summed E-state index contributed by atoms with van der Waals surface area (Å²) in [5.41, 5.74) is 5.53. The zero-order valence-corrected chi connectivity index (χ0v) is 7.39. The van der Waals surface area contributed by atoms with Gasteiger partial charge in [-0.2, -0.15) is 0 Å². The van der Waals surface area contributed by atoms with E-state index in [2.05, 4.69) is 15.5 Å². The van der Waals surface area contributed by atoms with Crippen LogP contribution in [0.1, 0.15) is 19.3 Å². The minimum Gasteiger partial charge on any atom is -0.376 e. The number of nitrogens with two attached hydrogens (primary N) is 1. The Kier molecular flexibility index (Phi) is 2.40. The predicted octanol–water partition coefficient (Wildman–Crippen LogP) is -0.176. The van der Waals surface area contributed by atoms with Gasteiger partial charge in [0.15, 0.2) is 0 Å². The van der Waals surface area contributed by atoms with E-state index < -0.39 is 0 Å². The number of tetrazole rings is 1. The number of hydrogen-bond acceptors (Lipinski definition) is 5. The van der Waals surface area contributed by atoms with Crippen LogP contribution in [-0.2, 0) is 11.3 Å². The predicted molar refractivity (Wildman–Crippen MR) is 45.8 cm³/mol. The van der Waals surface area contributed by atoms with E-state index in [9.17, 15) is 0 Å². The Morgan fingerprint density at radius 3 is 3.08 bits per heavy atom. The highest BCUT2D eigenvalue weighted by atomic mass is 16.5. The lowest BCUT2D eigenvalue weighted by atomic mass is 10.1. The van der Waals surface area contributed by atoms with Crippen molar-refractivity contribution in [2.45, 2.75) is 31.9 Å². The Morgan fingerprint density at radius 2 is 2.46 bits per heavy atom. The normalized spacial score (nSPS) is 23.2. The molecule has 13 heavy (non-hydrogen) atoms. The van der Waals surface area contributed by atoms with Crippen LogP contribution >= 0.6 is 0 Å². The summed E-state index contributed by atoms with van der Waals surface area (Å²) in [6.45, 7) is 1.51. The summed E-state index contributed by atoms with van der Waals surface area (Å²) >= 11 is 0. The van der Waals surface area contributed by atoms with E-state index in [1.54, 1.807) is 4.68 Å². The molecule has 2 heterocycles. The third kappa shape index (κ3) is 1.95. The fraction of sp³-hybridized carbons (Fsp3) is 0.857. The molecule has 0 aliphatic carbocycles. The highest BCUT2D eigenvalue weighted by Crippen LogP contribution is 2.14. The van der Waals surface area contributed by atoms with Gasteiger partial charge in [0.05, 0.1) is 12.6 Å². The third-order valence-corrected chi connectivity index (χ3v) is 2.21. The molecule has 6 heteroatoms. The SMILES string of the molecule is Nc1nnnn1CC1CCCCO1. The molecule has 6 nitrogen and oxygen atoms in total. The van der Waals surface area contributed by atoms with Crippen LogP contribution in [0.4, 0.5) is 5.95 Å². The number of anilines is 1. The van der Waals surface area contributed by atoms with Gasteiger partial charge in [0, 0.05) is 6.61 Å². The average Bonchev–Trinajstić information content (AvgIpc) is 2.54. The molecule has 0 radical (unpaired) electrons. The number of rotatable bonds is 2. The number of nitrogen functional groups attached to an aromatic ring is 1. The van der Waals surface area contributed by atoms with Crippen molar-refractivity contribution in [2.24, 2.45) is 0 Å². The van der Waals surface area contributed by atoms with Crippen molar-refractivity contribution >= 4 is 5.95 Å². The molecule has 2 rings (SSSR count). The monoisotopic (exact) mass is 183 g/mol. The molecule has 1 saturated heterocycles. The van der Waals surface area contributed by atoms with Crippen LogP contribution in [0.15, 0.2) is 0 Å². The molecule has 1 atom stereocenters. The van der Waals surface area contributed by atoms with E-state index in [1.807, 2.05) is 0 Å². The molecule has 2 N–H and O–H groups in total. The quantitative estimate of drug-likeness (QED) is 0.688. The zero-order valence-electron chi connectivity index (χ0n) is 7.39. The van der Waals surface area contributed by atoms with Gasteiger partial charge in [0.1, 0.15) is 0 Å². The van der Waals surface area contributed by atoms with E-state index in [0.29, 0.717) is 12.5 Å². The fourth-order valence-electron chi connectivity index (χ4n) is 1.49. The summed E-state index contributed by atoms with van der Waals surface area (Å²) in [4.78, 5) is 0. The number of ether oxygens (including phenoxy) is 1. The fourth-order valence-corrected chi connectivity index (χ4v) is 1.49. The smallest absolute Gasteiger partial charge is 0.240 e. The molecular weight excluding hydrogens is 170 g/mol. The minimum absolute atomic E-state index is 0.222. The zero-order chi connectivity index (χ0) is 9.10. The van der Waals surface area contributed by atoms with Crippen molar-refractivity contribution < 1.29 is 4.74 Å². The van der Waals surface area contributed by atoms with Crippen LogP contribution in [-0.4, -0.2) is 32.9 Å². The van der Waals surface area contributed by atoms with Crippen molar-refractivity contribution in [1.29, 1.82) is 0 Å². The molecule has 72 valence electrons. The molecule has 1 aliphatic heterocycles. The van der Waals surface area contributed by atoms with Crippen LogP contribution < -0.4 is 5.73 Å². The van der Waals surface area contributed by atoms with Gasteiger partial charge in [-0.15, -0.1) is 0 Å². The Bertz CT molecular complexity index is 268. The van der Waals surface area contributed by atoms with Crippen molar-refractivity contribution in [2.75, 3.05) is 12.3 Å². The van der Waals surface area contributed by atoms with Crippen LogP contribution in [0.5, 0.6) is 0 Å². The Balaban J connectivity index is 1.93. The van der Waals surface area contributed by atoms with E-state index in [4.69, 9.17) is 10.5 Å². The summed E-state index contributed by atoms with van der Waals surface area (Å²) in [7, 11) is 0. The van der Waals surface area contributed by atoms with E-state index in [1.165, 1.54) is 6.42 Å². The van der Waals surface area contributed by atoms with Gasteiger partial charge >= 0.3 is 0 Å². The standard InChI is InChI=1S/C7H13N5O/c8-7-9-10-11-12(7)5-6-3-1-2-4-13-6/h6H,1-5H2,(H2,8,9,11). The molecule has 0 bridgehead atoms. The van der Waals surface area contributed by atoms with Crippen molar-refractivity contribution in [3.8, 4) is 0 Å². The second kappa shape index (κ2) is 3.69. The first-order valence-corrected chi connectivity index (χ1v) is 4.49. The maximum Gasteiger partial charge on any atom is 0.240 e. The van der Waals surface area contributed by atoms with E-state index in [-0.39, 0.29) is 6.10 Å². The molecule has 1 unspecified atom stereocenters. The number of hydrogen-bond donors (Lipinski definition) is 1. The molecule has 0 aromatic carbocycles. The summed E-state index contributed by atoms with van der Waals surface area (Å²) in [5, 5.41) is 10.8. The minimum atomic E-state index is 0.222. The number of nitrogens with zero attached hydrogens (tertiary/aromatic N) is 4. The third-order valence-electron chi connectivity index (χ3n) is 2.21. The van der Waals surface area contributed by atoms with Crippen molar-refractivity contribution in [3.63, 3.8) is 0 Å². The Hall–Kier alpha value is -1.17. The first-order chi connectivity index (χ1) is 6.36. The van der Waals surface area contributed by atoms with Gasteiger partial charge in [-0.1, -0.05) is 5.10 Å². The topological polar surface area (TPSA) is 78.9 Å². The maximum atomic E-state index is 5.53. The number of aromatic nitrogens is 4. The van der Waals surface area contributed by atoms with Crippen LogP contribution in [0, 0.1) is 0 Å². The lowest BCUT2D eigenvalue weighted by molar-refractivity contribution is 0.00407. The second-order valence-corrected chi connectivity index (χ2v) is 3.21. The highest BCUT2D eigenvalue weighted by molar-refractivity contribution is 5.09. The second-order valence-electron chi connectivity index (χ2n) is 3.21. The molecule has 0 saturated carbocycles. The summed E-state index contributed by atoms with van der Waals surface area (Å²) in [6.07, 6.45) is 3.66. The van der Waals surface area contributed by atoms with E-state index >= 15 is 0 Å². The first-order valence-electron chi connectivity index (χ1n) is 4.49. The molecular formula is C7H13N5O. The van der Waals surface area contributed by atoms with Gasteiger partial charge in [-0.05, 0) is 29.7 Å². The van der Waals surface area contributed by atoms with Gasteiger partial charge in [-0.3, -0.25) is 0 Å². The summed E-state index contributed by atoms with van der Waals surface area (Å²) in [6, 6.07) is 0. The van der Waals surface area contributed by atoms with Crippen LogP contribution in [0.2, 0.25) is 0 Å². The van der Waals surface area contributed by atoms with E-state index in [0.717, 1.165) is 19.4 Å². The Labute approximate surface area is 76.1 Å². The first kappa shape index (κ1) is 8.43. The van der Waals surface area contributed by atoms with Gasteiger partial charge < -0.3 is 10.5 Å². The molecule has 1 fully saturated rings. The molecule has 1 aliphatic rings.